The van der Waals surface area contributed by atoms with E-state index in [-0.39, 0.29) is 12.6 Å². The topological polar surface area (TPSA) is 58.7 Å². The molecule has 1 aromatic carbocycles. The van der Waals surface area contributed by atoms with Gasteiger partial charge < -0.3 is 14.3 Å². The number of nitrogens with zero attached hydrogens (tertiary/aromatic N) is 2. The molecule has 1 atom stereocenters. The first-order chi connectivity index (χ1) is 11.7. The molecular weight excluding hydrogens is 324 g/mol. The summed E-state index contributed by atoms with van der Waals surface area (Å²) in [6.45, 7) is 0.702. The Labute approximate surface area is 145 Å². The summed E-state index contributed by atoms with van der Waals surface area (Å²) in [5.41, 5.74) is 3.01. The number of hydrogen-bond donors (Lipinski definition) is 1. The van der Waals surface area contributed by atoms with E-state index in [0.717, 1.165) is 27.6 Å². The molecule has 0 saturated heterocycles. The second-order valence-corrected chi connectivity index (χ2v) is 6.40. The average Bonchev–Trinajstić information content (AvgIpc) is 3.27. The number of rotatable bonds is 7. The molecule has 1 N–H and O–H groups in total. The summed E-state index contributed by atoms with van der Waals surface area (Å²) >= 11 is 1.59. The Hall–Kier alpha value is -2.15. The van der Waals surface area contributed by atoms with Crippen LogP contribution in [0.3, 0.4) is 0 Å². The minimum absolute atomic E-state index is 0.0432. The zero-order valence-corrected chi connectivity index (χ0v) is 14.5. The van der Waals surface area contributed by atoms with E-state index >= 15 is 0 Å². The Morgan fingerprint density at radius 2 is 2.08 bits per heavy atom. The third kappa shape index (κ3) is 3.67. The van der Waals surface area contributed by atoms with Crippen LogP contribution in [0.1, 0.15) is 17.3 Å². The summed E-state index contributed by atoms with van der Waals surface area (Å²) < 4.78 is 10.3. The zero-order chi connectivity index (χ0) is 16.9. The summed E-state index contributed by atoms with van der Waals surface area (Å²) in [4.78, 5) is 6.74. The number of aliphatic hydroxyl groups excluding tert-OH is 1. The number of ether oxygens (including phenoxy) is 1. The van der Waals surface area contributed by atoms with Crippen LogP contribution >= 0.6 is 11.3 Å². The third-order valence-corrected chi connectivity index (χ3v) is 4.88. The van der Waals surface area contributed by atoms with Gasteiger partial charge in [0.15, 0.2) is 0 Å². The first-order valence-electron chi connectivity index (χ1n) is 7.63. The van der Waals surface area contributed by atoms with Gasteiger partial charge in [-0.05, 0) is 30.8 Å². The molecule has 2 aromatic heterocycles. The van der Waals surface area contributed by atoms with E-state index in [4.69, 9.17) is 9.15 Å². The van der Waals surface area contributed by atoms with Gasteiger partial charge in [-0.2, -0.15) is 0 Å². The van der Waals surface area contributed by atoms with Crippen molar-refractivity contribution in [3.63, 3.8) is 0 Å². The minimum atomic E-state index is -0.0880. The molecule has 0 aliphatic carbocycles. The smallest absolute Gasteiger partial charge is 0.126 e. The van der Waals surface area contributed by atoms with E-state index in [1.165, 1.54) is 0 Å². The van der Waals surface area contributed by atoms with Crippen molar-refractivity contribution in [2.45, 2.75) is 12.6 Å². The molecule has 126 valence electrons. The van der Waals surface area contributed by atoms with E-state index < -0.39 is 0 Å². The van der Waals surface area contributed by atoms with Crippen LogP contribution in [0.5, 0.6) is 5.75 Å². The van der Waals surface area contributed by atoms with Crippen LogP contribution in [0.4, 0.5) is 0 Å². The van der Waals surface area contributed by atoms with Crippen LogP contribution in [0, 0.1) is 0 Å². The Morgan fingerprint density at radius 3 is 2.71 bits per heavy atom. The van der Waals surface area contributed by atoms with Gasteiger partial charge in [0.05, 0.1) is 31.7 Å². The fourth-order valence-corrected chi connectivity index (χ4v) is 3.39. The van der Waals surface area contributed by atoms with Crippen LogP contribution in [0.25, 0.3) is 10.6 Å². The lowest BCUT2D eigenvalue weighted by Crippen LogP contribution is -2.27. The molecule has 0 fully saturated rings. The van der Waals surface area contributed by atoms with Crippen LogP contribution in [0.2, 0.25) is 0 Å². The van der Waals surface area contributed by atoms with Gasteiger partial charge in [-0.15, -0.1) is 11.3 Å². The number of aromatic nitrogens is 1. The maximum Gasteiger partial charge on any atom is 0.126 e. The van der Waals surface area contributed by atoms with Gasteiger partial charge in [-0.1, -0.05) is 12.1 Å². The molecule has 5 nitrogen and oxygen atoms in total. The first kappa shape index (κ1) is 16.7. The summed E-state index contributed by atoms with van der Waals surface area (Å²) in [5, 5.41) is 12.8. The van der Waals surface area contributed by atoms with Crippen LogP contribution < -0.4 is 4.74 Å². The molecule has 2 heterocycles. The van der Waals surface area contributed by atoms with Crippen molar-refractivity contribution in [2.24, 2.45) is 0 Å². The first-order valence-corrected chi connectivity index (χ1v) is 8.51. The molecule has 0 radical (unpaired) electrons. The van der Waals surface area contributed by atoms with E-state index in [0.29, 0.717) is 6.54 Å². The average molecular weight is 344 g/mol. The number of aliphatic hydroxyl groups is 1. The fraction of sp³-hybridized carbons (Fsp3) is 0.278. The molecule has 0 saturated carbocycles. The summed E-state index contributed by atoms with van der Waals surface area (Å²) in [6, 6.07) is 9.59. The van der Waals surface area contributed by atoms with Gasteiger partial charge in [0, 0.05) is 17.5 Å². The highest BCUT2D eigenvalue weighted by Gasteiger charge is 2.18. The predicted molar refractivity (Wildman–Crippen MR) is 94.1 cm³/mol. The summed E-state index contributed by atoms with van der Waals surface area (Å²) in [6.07, 6.45) is 3.34. The lowest BCUT2D eigenvalue weighted by atomic mass is 10.1. The Bertz CT molecular complexity index is 753. The second kappa shape index (κ2) is 7.61. The maximum atomic E-state index is 9.81. The lowest BCUT2D eigenvalue weighted by Gasteiger charge is -2.26. The highest BCUT2D eigenvalue weighted by atomic mass is 32.1. The number of furan rings is 1. The van der Waals surface area contributed by atoms with Crippen molar-refractivity contribution < 1.29 is 14.3 Å². The maximum absolute atomic E-state index is 9.81. The van der Waals surface area contributed by atoms with E-state index in [9.17, 15) is 5.11 Å². The van der Waals surface area contributed by atoms with Crippen molar-refractivity contribution >= 4 is 11.3 Å². The standard InChI is InChI=1S/C18H20N2O3S/c1-20(17(10-21)13-3-5-16(22-2)6-4-13)9-15-12-24-18(19-15)14-7-8-23-11-14/h3-8,11-12,17,21H,9-10H2,1-2H3/t17-/m1/s1. The molecule has 0 amide bonds. The third-order valence-electron chi connectivity index (χ3n) is 3.94. The fourth-order valence-electron chi connectivity index (χ4n) is 2.59. The number of hydrogen-bond acceptors (Lipinski definition) is 6. The van der Waals surface area contributed by atoms with Crippen molar-refractivity contribution in [1.82, 2.24) is 9.88 Å². The number of likely N-dealkylation sites (N-methyl/N-ethyl adjacent to an activating group) is 1. The Kier molecular flexibility index (Phi) is 5.30. The molecule has 24 heavy (non-hydrogen) atoms. The van der Waals surface area contributed by atoms with Crippen molar-refractivity contribution in [1.29, 1.82) is 0 Å². The molecule has 0 aliphatic rings. The van der Waals surface area contributed by atoms with Crippen molar-refractivity contribution in [3.05, 3.63) is 59.5 Å². The largest absolute Gasteiger partial charge is 0.497 e. The van der Waals surface area contributed by atoms with E-state index in [2.05, 4.69) is 9.88 Å². The predicted octanol–water partition coefficient (Wildman–Crippen LogP) is 3.58. The summed E-state index contributed by atoms with van der Waals surface area (Å²) in [5.74, 6) is 0.808. The van der Waals surface area contributed by atoms with Gasteiger partial charge in [0.1, 0.15) is 17.0 Å². The summed E-state index contributed by atoms with van der Waals surface area (Å²) in [7, 11) is 3.63. The van der Waals surface area contributed by atoms with Gasteiger partial charge in [-0.25, -0.2) is 4.98 Å². The normalized spacial score (nSPS) is 12.5. The van der Waals surface area contributed by atoms with Crippen LogP contribution in [-0.4, -0.2) is 35.8 Å². The molecule has 3 rings (SSSR count). The van der Waals surface area contributed by atoms with Crippen molar-refractivity contribution in [2.75, 3.05) is 20.8 Å². The molecule has 0 unspecified atom stereocenters. The monoisotopic (exact) mass is 344 g/mol. The zero-order valence-electron chi connectivity index (χ0n) is 13.7. The van der Waals surface area contributed by atoms with E-state index in [1.807, 2.05) is 42.8 Å². The lowest BCUT2D eigenvalue weighted by molar-refractivity contribution is 0.141. The molecular formula is C18H20N2O3S. The van der Waals surface area contributed by atoms with Crippen LogP contribution in [0.15, 0.2) is 52.7 Å². The minimum Gasteiger partial charge on any atom is -0.497 e. The molecule has 0 bridgehead atoms. The van der Waals surface area contributed by atoms with Gasteiger partial charge in [0.2, 0.25) is 0 Å². The van der Waals surface area contributed by atoms with Gasteiger partial charge in [0.25, 0.3) is 0 Å². The Morgan fingerprint density at radius 1 is 1.29 bits per heavy atom. The molecule has 0 spiro atoms. The van der Waals surface area contributed by atoms with Gasteiger partial charge in [-0.3, -0.25) is 4.90 Å². The van der Waals surface area contributed by atoms with Crippen LogP contribution in [-0.2, 0) is 6.54 Å². The molecule has 0 aliphatic heterocycles. The molecule has 3 aromatic rings. The Balaban J connectivity index is 1.71. The SMILES string of the molecule is COc1ccc([C@@H](CO)N(C)Cc2csc(-c3ccoc3)n2)cc1. The second-order valence-electron chi connectivity index (χ2n) is 5.54. The highest BCUT2D eigenvalue weighted by molar-refractivity contribution is 7.13. The number of thiazole rings is 1. The van der Waals surface area contributed by atoms with Gasteiger partial charge >= 0.3 is 0 Å². The number of methoxy groups -OCH3 is 1. The van der Waals surface area contributed by atoms with E-state index in [1.54, 1.807) is 31.0 Å². The quantitative estimate of drug-likeness (QED) is 0.710. The highest BCUT2D eigenvalue weighted by Crippen LogP contribution is 2.27. The van der Waals surface area contributed by atoms with Crippen molar-refractivity contribution in [3.8, 4) is 16.3 Å². The molecule has 6 heteroatoms. The number of benzene rings is 1.